The van der Waals surface area contributed by atoms with E-state index in [1.807, 2.05) is 24.3 Å². The number of carbonyl (C=O) groups excluding carboxylic acids is 2. The second kappa shape index (κ2) is 7.66. The van der Waals surface area contributed by atoms with Crippen molar-refractivity contribution in [1.29, 1.82) is 0 Å². The number of carbonyl (C=O) groups is 2. The van der Waals surface area contributed by atoms with Gasteiger partial charge in [-0.2, -0.15) is 0 Å². The highest BCUT2D eigenvalue weighted by Crippen LogP contribution is 2.33. The molecule has 2 aromatic rings. The molecule has 130 valence electrons. The third kappa shape index (κ3) is 3.99. The van der Waals surface area contributed by atoms with Gasteiger partial charge in [-0.3, -0.25) is 9.59 Å². The van der Waals surface area contributed by atoms with Crippen molar-refractivity contribution in [2.24, 2.45) is 5.92 Å². The standard InChI is InChI=1S/C20H22N2O2S/c1-3-19(23)22-12-6-7-15(13-22)20(24)21-17-9-5-4-8-16(17)18-11-10-14(2)25-18/h3-5,8-11,15H,1,6-7,12-13H2,2H3,(H,21,24). The van der Waals surface area contributed by atoms with E-state index in [2.05, 4.69) is 31.0 Å². The second-order valence-electron chi connectivity index (χ2n) is 6.27. The average molecular weight is 354 g/mol. The van der Waals surface area contributed by atoms with Crippen molar-refractivity contribution < 1.29 is 9.59 Å². The Bertz CT molecular complexity index is 796. The number of piperidine rings is 1. The van der Waals surface area contributed by atoms with Crippen LogP contribution in [0.2, 0.25) is 0 Å². The number of nitrogens with zero attached hydrogens (tertiary/aromatic N) is 1. The first-order chi connectivity index (χ1) is 12.1. The van der Waals surface area contributed by atoms with E-state index in [0.717, 1.165) is 29.0 Å². The van der Waals surface area contributed by atoms with Gasteiger partial charge in [-0.25, -0.2) is 0 Å². The molecule has 0 spiro atoms. The predicted molar refractivity (Wildman–Crippen MR) is 103 cm³/mol. The number of thiophene rings is 1. The number of nitrogens with one attached hydrogen (secondary N) is 1. The van der Waals surface area contributed by atoms with Crippen LogP contribution >= 0.6 is 11.3 Å². The topological polar surface area (TPSA) is 49.4 Å². The number of amides is 2. The maximum absolute atomic E-state index is 12.7. The molecule has 2 amide bonds. The van der Waals surface area contributed by atoms with Crippen molar-refractivity contribution in [3.8, 4) is 10.4 Å². The lowest BCUT2D eigenvalue weighted by Crippen LogP contribution is -2.43. The smallest absolute Gasteiger partial charge is 0.245 e. The molecule has 5 heteroatoms. The molecule has 0 aliphatic carbocycles. The van der Waals surface area contributed by atoms with Crippen LogP contribution in [0.4, 0.5) is 5.69 Å². The zero-order chi connectivity index (χ0) is 17.8. The largest absolute Gasteiger partial charge is 0.338 e. The Balaban J connectivity index is 1.75. The number of anilines is 1. The summed E-state index contributed by atoms with van der Waals surface area (Å²) in [5.74, 6) is -0.315. The lowest BCUT2D eigenvalue weighted by atomic mass is 9.96. The molecule has 25 heavy (non-hydrogen) atoms. The van der Waals surface area contributed by atoms with Gasteiger partial charge in [0.15, 0.2) is 0 Å². The minimum absolute atomic E-state index is 0.0257. The van der Waals surface area contributed by atoms with Crippen molar-refractivity contribution in [2.75, 3.05) is 18.4 Å². The van der Waals surface area contributed by atoms with E-state index in [1.165, 1.54) is 11.0 Å². The molecule has 1 aromatic heterocycles. The van der Waals surface area contributed by atoms with Crippen LogP contribution < -0.4 is 5.32 Å². The summed E-state index contributed by atoms with van der Waals surface area (Å²) in [6.45, 7) is 6.75. The number of hydrogen-bond donors (Lipinski definition) is 1. The Morgan fingerprint density at radius 2 is 2.08 bits per heavy atom. The van der Waals surface area contributed by atoms with E-state index >= 15 is 0 Å². The molecule has 0 radical (unpaired) electrons. The van der Waals surface area contributed by atoms with Crippen LogP contribution in [-0.2, 0) is 9.59 Å². The summed E-state index contributed by atoms with van der Waals surface area (Å²) in [7, 11) is 0. The van der Waals surface area contributed by atoms with Gasteiger partial charge in [-0.05, 0) is 44.0 Å². The Morgan fingerprint density at radius 3 is 2.80 bits per heavy atom. The SMILES string of the molecule is C=CC(=O)N1CCCC(C(=O)Nc2ccccc2-c2ccc(C)s2)C1. The molecule has 1 unspecified atom stereocenters. The Morgan fingerprint density at radius 1 is 1.28 bits per heavy atom. The minimum Gasteiger partial charge on any atom is -0.338 e. The number of para-hydroxylation sites is 1. The van der Waals surface area contributed by atoms with Gasteiger partial charge < -0.3 is 10.2 Å². The molecule has 1 atom stereocenters. The number of aryl methyl sites for hydroxylation is 1. The van der Waals surface area contributed by atoms with E-state index in [1.54, 1.807) is 16.2 Å². The Labute approximate surface area is 152 Å². The van der Waals surface area contributed by atoms with Gasteiger partial charge in [0.2, 0.25) is 11.8 Å². The van der Waals surface area contributed by atoms with E-state index in [9.17, 15) is 9.59 Å². The summed E-state index contributed by atoms with van der Waals surface area (Å²) in [4.78, 5) is 28.6. The number of likely N-dealkylation sites (tertiary alicyclic amines) is 1. The maximum atomic E-state index is 12.7. The van der Waals surface area contributed by atoms with Crippen molar-refractivity contribution in [1.82, 2.24) is 4.90 Å². The van der Waals surface area contributed by atoms with Crippen molar-refractivity contribution >= 4 is 28.8 Å². The molecule has 1 aliphatic rings. The van der Waals surface area contributed by atoms with Crippen LogP contribution in [0.3, 0.4) is 0 Å². The van der Waals surface area contributed by atoms with Gasteiger partial charge >= 0.3 is 0 Å². The normalized spacial score (nSPS) is 17.2. The summed E-state index contributed by atoms with van der Waals surface area (Å²) in [5.41, 5.74) is 1.85. The molecule has 1 aromatic carbocycles. The first-order valence-electron chi connectivity index (χ1n) is 8.46. The minimum atomic E-state index is -0.184. The lowest BCUT2D eigenvalue weighted by Gasteiger charge is -2.31. The first kappa shape index (κ1) is 17.4. The Hall–Kier alpha value is -2.40. The van der Waals surface area contributed by atoms with Crippen molar-refractivity contribution in [2.45, 2.75) is 19.8 Å². The van der Waals surface area contributed by atoms with E-state index in [-0.39, 0.29) is 17.7 Å². The summed E-state index contributed by atoms with van der Waals surface area (Å²) in [6, 6.07) is 12.0. The summed E-state index contributed by atoms with van der Waals surface area (Å²) in [6.07, 6.45) is 2.95. The van der Waals surface area contributed by atoms with E-state index in [0.29, 0.717) is 13.1 Å². The molecule has 0 saturated carbocycles. The summed E-state index contributed by atoms with van der Waals surface area (Å²) < 4.78 is 0. The molecule has 2 heterocycles. The van der Waals surface area contributed by atoms with Crippen LogP contribution in [0.1, 0.15) is 17.7 Å². The third-order valence-electron chi connectivity index (χ3n) is 4.47. The highest BCUT2D eigenvalue weighted by Gasteiger charge is 2.27. The Kier molecular flexibility index (Phi) is 5.34. The van der Waals surface area contributed by atoms with Gasteiger partial charge in [0.05, 0.1) is 5.92 Å². The average Bonchev–Trinajstić information content (AvgIpc) is 3.07. The zero-order valence-corrected chi connectivity index (χ0v) is 15.1. The fourth-order valence-corrected chi connectivity index (χ4v) is 4.05. The van der Waals surface area contributed by atoms with Crippen LogP contribution in [0.5, 0.6) is 0 Å². The predicted octanol–water partition coefficient (Wildman–Crippen LogP) is 4.09. The molecular weight excluding hydrogens is 332 g/mol. The fraction of sp³-hybridized carbons (Fsp3) is 0.300. The number of hydrogen-bond acceptors (Lipinski definition) is 3. The van der Waals surface area contributed by atoms with Crippen molar-refractivity contribution in [3.63, 3.8) is 0 Å². The molecule has 1 saturated heterocycles. The van der Waals surface area contributed by atoms with Crippen LogP contribution in [-0.4, -0.2) is 29.8 Å². The lowest BCUT2D eigenvalue weighted by molar-refractivity contribution is -0.130. The highest BCUT2D eigenvalue weighted by atomic mass is 32.1. The monoisotopic (exact) mass is 354 g/mol. The molecule has 1 fully saturated rings. The maximum Gasteiger partial charge on any atom is 0.245 e. The van der Waals surface area contributed by atoms with Gasteiger partial charge in [0, 0.05) is 34.1 Å². The van der Waals surface area contributed by atoms with Crippen LogP contribution in [0, 0.1) is 12.8 Å². The molecule has 4 nitrogen and oxygen atoms in total. The van der Waals surface area contributed by atoms with Crippen molar-refractivity contribution in [3.05, 3.63) is 53.9 Å². The number of rotatable bonds is 4. The molecule has 1 aliphatic heterocycles. The number of benzene rings is 1. The summed E-state index contributed by atoms with van der Waals surface area (Å²) >= 11 is 1.71. The molecule has 0 bridgehead atoms. The van der Waals surface area contributed by atoms with Gasteiger partial charge in [0.1, 0.15) is 0 Å². The van der Waals surface area contributed by atoms with Gasteiger partial charge in [-0.15, -0.1) is 11.3 Å². The van der Waals surface area contributed by atoms with Gasteiger partial charge in [-0.1, -0.05) is 24.8 Å². The second-order valence-corrected chi connectivity index (χ2v) is 7.56. The third-order valence-corrected chi connectivity index (χ3v) is 5.50. The molecular formula is C20H22N2O2S. The van der Waals surface area contributed by atoms with E-state index in [4.69, 9.17) is 0 Å². The fourth-order valence-electron chi connectivity index (χ4n) is 3.14. The van der Waals surface area contributed by atoms with Gasteiger partial charge in [0.25, 0.3) is 0 Å². The first-order valence-corrected chi connectivity index (χ1v) is 9.28. The van der Waals surface area contributed by atoms with Crippen LogP contribution in [0.15, 0.2) is 49.1 Å². The molecule has 3 rings (SSSR count). The summed E-state index contributed by atoms with van der Waals surface area (Å²) in [5, 5.41) is 3.07. The highest BCUT2D eigenvalue weighted by molar-refractivity contribution is 7.15. The quantitative estimate of drug-likeness (QED) is 0.841. The zero-order valence-electron chi connectivity index (χ0n) is 14.3. The van der Waals surface area contributed by atoms with Crippen LogP contribution in [0.25, 0.3) is 10.4 Å². The van der Waals surface area contributed by atoms with E-state index < -0.39 is 0 Å². The molecule has 1 N–H and O–H groups in total.